The van der Waals surface area contributed by atoms with E-state index >= 15 is 0 Å². The molecule has 29 heavy (non-hydrogen) atoms. The molecule has 1 amide bonds. The van der Waals surface area contributed by atoms with Crippen LogP contribution in [0.2, 0.25) is 0 Å². The number of benzene rings is 2. The molecule has 1 aliphatic rings. The highest BCUT2D eigenvalue weighted by Crippen LogP contribution is 2.18. The van der Waals surface area contributed by atoms with Gasteiger partial charge in [0.2, 0.25) is 10.0 Å². The fraction of sp³-hybridized carbons (Fsp3) is 0.286. The van der Waals surface area contributed by atoms with Crippen LogP contribution in [0.5, 0.6) is 0 Å². The van der Waals surface area contributed by atoms with Crippen molar-refractivity contribution < 1.29 is 13.2 Å². The Kier molecular flexibility index (Phi) is 5.96. The number of rotatable bonds is 6. The fourth-order valence-electron chi connectivity index (χ4n) is 3.50. The first-order valence-corrected chi connectivity index (χ1v) is 12.0. The van der Waals surface area contributed by atoms with Crippen LogP contribution in [0.25, 0.3) is 10.8 Å². The Balaban J connectivity index is 1.28. The number of thiophene rings is 1. The summed E-state index contributed by atoms with van der Waals surface area (Å²) in [5.74, 6) is 0.0721. The number of carbonyl (C=O) groups excluding carboxylic acids is 1. The molecule has 1 aliphatic heterocycles. The van der Waals surface area contributed by atoms with Crippen molar-refractivity contribution in [3.8, 4) is 0 Å². The molecule has 0 saturated carbocycles. The van der Waals surface area contributed by atoms with Gasteiger partial charge in [0.1, 0.15) is 0 Å². The van der Waals surface area contributed by atoms with E-state index in [0.717, 1.165) is 29.4 Å². The van der Waals surface area contributed by atoms with E-state index in [1.54, 1.807) is 12.1 Å². The number of piperazine rings is 1. The summed E-state index contributed by atoms with van der Waals surface area (Å²) in [5, 5.41) is 5.70. The highest BCUT2D eigenvalue weighted by atomic mass is 32.2. The minimum Gasteiger partial charge on any atom is -0.336 e. The molecular weight excluding hydrogens is 406 g/mol. The van der Waals surface area contributed by atoms with E-state index in [-0.39, 0.29) is 10.8 Å². The van der Waals surface area contributed by atoms with Gasteiger partial charge < -0.3 is 4.90 Å². The van der Waals surface area contributed by atoms with Crippen molar-refractivity contribution >= 4 is 38.0 Å². The summed E-state index contributed by atoms with van der Waals surface area (Å²) in [5.41, 5.74) is 0.742. The van der Waals surface area contributed by atoms with Gasteiger partial charge in [-0.25, -0.2) is 13.1 Å². The van der Waals surface area contributed by atoms with Crippen LogP contribution in [-0.2, 0) is 10.0 Å². The van der Waals surface area contributed by atoms with Crippen LogP contribution in [0.4, 0.5) is 0 Å². The van der Waals surface area contributed by atoms with Gasteiger partial charge in [0.25, 0.3) is 5.91 Å². The van der Waals surface area contributed by atoms with E-state index in [4.69, 9.17) is 0 Å². The van der Waals surface area contributed by atoms with Crippen molar-refractivity contribution in [2.75, 3.05) is 39.3 Å². The highest BCUT2D eigenvalue weighted by Gasteiger charge is 2.22. The highest BCUT2D eigenvalue weighted by molar-refractivity contribution is 7.89. The lowest BCUT2D eigenvalue weighted by atomic mass is 10.1. The molecule has 0 bridgehead atoms. The van der Waals surface area contributed by atoms with E-state index in [2.05, 4.69) is 9.62 Å². The molecule has 1 N–H and O–H groups in total. The second-order valence-electron chi connectivity index (χ2n) is 7.05. The second-order valence-corrected chi connectivity index (χ2v) is 9.60. The van der Waals surface area contributed by atoms with E-state index in [0.29, 0.717) is 26.2 Å². The van der Waals surface area contributed by atoms with Crippen LogP contribution in [-0.4, -0.2) is 63.4 Å². The SMILES string of the molecule is O=C(c1ccsc1)N1CCN(CCNS(=O)(=O)c2ccc3ccccc3c2)CC1. The van der Waals surface area contributed by atoms with Crippen LogP contribution in [0.3, 0.4) is 0 Å². The van der Waals surface area contributed by atoms with Gasteiger partial charge in [-0.2, -0.15) is 11.3 Å². The average Bonchev–Trinajstić information content (AvgIpc) is 3.28. The standard InChI is InChI=1S/C21H23N3O3S2/c25-21(19-7-14-28-16-19)24-12-10-23(11-13-24)9-8-22-29(26,27)20-6-5-17-3-1-2-4-18(17)15-20/h1-7,14-16,22H,8-13H2. The molecule has 152 valence electrons. The zero-order valence-electron chi connectivity index (χ0n) is 16.0. The summed E-state index contributed by atoms with van der Waals surface area (Å²) < 4.78 is 27.9. The molecule has 1 fully saturated rings. The number of nitrogens with one attached hydrogen (secondary N) is 1. The van der Waals surface area contributed by atoms with Crippen molar-refractivity contribution in [3.63, 3.8) is 0 Å². The van der Waals surface area contributed by atoms with Crippen molar-refractivity contribution in [2.24, 2.45) is 0 Å². The summed E-state index contributed by atoms with van der Waals surface area (Å²) in [4.78, 5) is 16.7. The van der Waals surface area contributed by atoms with Crippen LogP contribution < -0.4 is 4.72 Å². The summed E-state index contributed by atoms with van der Waals surface area (Å²) >= 11 is 1.52. The predicted molar refractivity (Wildman–Crippen MR) is 116 cm³/mol. The fourth-order valence-corrected chi connectivity index (χ4v) is 5.19. The number of fused-ring (bicyclic) bond motifs is 1. The number of sulfonamides is 1. The predicted octanol–water partition coefficient (Wildman–Crippen LogP) is 2.64. The summed E-state index contributed by atoms with van der Waals surface area (Å²) in [6.07, 6.45) is 0. The zero-order valence-corrected chi connectivity index (χ0v) is 17.6. The Morgan fingerprint density at radius 3 is 2.48 bits per heavy atom. The van der Waals surface area contributed by atoms with Crippen LogP contribution >= 0.6 is 11.3 Å². The lowest BCUT2D eigenvalue weighted by molar-refractivity contribution is 0.0640. The Morgan fingerprint density at radius 2 is 1.76 bits per heavy atom. The van der Waals surface area contributed by atoms with Crippen molar-refractivity contribution in [3.05, 3.63) is 64.9 Å². The Bertz CT molecular complexity index is 1090. The maximum absolute atomic E-state index is 12.6. The molecular formula is C21H23N3O3S2. The lowest BCUT2D eigenvalue weighted by Gasteiger charge is -2.34. The van der Waals surface area contributed by atoms with Crippen LogP contribution in [0.15, 0.2) is 64.2 Å². The molecule has 8 heteroatoms. The summed E-state index contributed by atoms with van der Waals surface area (Å²) in [6.45, 7) is 3.76. The Labute approximate surface area is 174 Å². The molecule has 1 aromatic heterocycles. The van der Waals surface area contributed by atoms with Gasteiger partial charge in [-0.3, -0.25) is 9.69 Å². The average molecular weight is 430 g/mol. The van der Waals surface area contributed by atoms with Gasteiger partial charge in [0.15, 0.2) is 0 Å². The van der Waals surface area contributed by atoms with Gasteiger partial charge in [-0.05, 0) is 34.4 Å². The molecule has 4 rings (SSSR count). The smallest absolute Gasteiger partial charge is 0.254 e. The maximum atomic E-state index is 12.6. The van der Waals surface area contributed by atoms with Crippen molar-refractivity contribution in [1.29, 1.82) is 0 Å². The van der Waals surface area contributed by atoms with Gasteiger partial charge in [-0.1, -0.05) is 30.3 Å². The van der Waals surface area contributed by atoms with Gasteiger partial charge in [0, 0.05) is 44.6 Å². The Morgan fingerprint density at radius 1 is 1.00 bits per heavy atom. The van der Waals surface area contributed by atoms with E-state index in [1.165, 1.54) is 11.3 Å². The van der Waals surface area contributed by atoms with Gasteiger partial charge in [0.05, 0.1) is 10.5 Å². The van der Waals surface area contributed by atoms with E-state index in [1.807, 2.05) is 52.1 Å². The van der Waals surface area contributed by atoms with Crippen molar-refractivity contribution in [1.82, 2.24) is 14.5 Å². The molecule has 3 aromatic rings. The normalized spacial score (nSPS) is 15.7. The molecule has 1 saturated heterocycles. The number of carbonyl (C=O) groups is 1. The van der Waals surface area contributed by atoms with Crippen LogP contribution in [0, 0.1) is 0 Å². The van der Waals surface area contributed by atoms with E-state index < -0.39 is 10.0 Å². The molecule has 0 spiro atoms. The van der Waals surface area contributed by atoms with Crippen molar-refractivity contribution in [2.45, 2.75) is 4.90 Å². The quantitative estimate of drug-likeness (QED) is 0.654. The van der Waals surface area contributed by atoms with Crippen LogP contribution in [0.1, 0.15) is 10.4 Å². The molecule has 0 aliphatic carbocycles. The minimum absolute atomic E-state index is 0.0721. The zero-order chi connectivity index (χ0) is 20.3. The van der Waals surface area contributed by atoms with Gasteiger partial charge >= 0.3 is 0 Å². The third-order valence-corrected chi connectivity index (χ3v) is 7.32. The second kappa shape index (κ2) is 8.62. The first kappa shape index (κ1) is 20.0. The third-order valence-electron chi connectivity index (χ3n) is 5.18. The minimum atomic E-state index is -3.55. The van der Waals surface area contributed by atoms with Gasteiger partial charge in [-0.15, -0.1) is 0 Å². The summed E-state index contributed by atoms with van der Waals surface area (Å²) in [6, 6.07) is 14.7. The Hall–Kier alpha value is -2.26. The molecule has 2 aromatic carbocycles. The third kappa shape index (κ3) is 4.67. The van der Waals surface area contributed by atoms with E-state index in [9.17, 15) is 13.2 Å². The number of amides is 1. The molecule has 2 heterocycles. The maximum Gasteiger partial charge on any atom is 0.254 e. The monoisotopic (exact) mass is 429 g/mol. The number of hydrogen-bond acceptors (Lipinski definition) is 5. The first-order chi connectivity index (χ1) is 14.0. The molecule has 0 unspecified atom stereocenters. The number of hydrogen-bond donors (Lipinski definition) is 1. The summed E-state index contributed by atoms with van der Waals surface area (Å²) in [7, 11) is -3.55. The topological polar surface area (TPSA) is 69.7 Å². The molecule has 0 atom stereocenters. The molecule has 0 radical (unpaired) electrons. The first-order valence-electron chi connectivity index (χ1n) is 9.55. The lowest BCUT2D eigenvalue weighted by Crippen LogP contribution is -2.50. The largest absolute Gasteiger partial charge is 0.336 e. The number of nitrogens with zero attached hydrogens (tertiary/aromatic N) is 2. The molecule has 6 nitrogen and oxygen atoms in total.